The van der Waals surface area contributed by atoms with E-state index in [1.807, 2.05) is 0 Å². The van der Waals surface area contributed by atoms with Gasteiger partial charge < -0.3 is 15.2 Å². The van der Waals surface area contributed by atoms with Gasteiger partial charge in [-0.15, -0.1) is 0 Å². The number of cyclic esters (lactones) is 1. The van der Waals surface area contributed by atoms with Crippen LogP contribution in [0.25, 0.3) is 0 Å². The summed E-state index contributed by atoms with van der Waals surface area (Å²) in [5, 5.41) is 0. The minimum atomic E-state index is -1.34. The quantitative estimate of drug-likeness (QED) is 0.454. The standard InChI is InChI=1S/C8H12N2O5/c1-14-7(12)6(9)5(11)4-10-2-3-15-8(10)13/h6H,2-4,9H2,1H3. The van der Waals surface area contributed by atoms with Crippen molar-refractivity contribution in [2.75, 3.05) is 26.8 Å². The molecule has 1 rings (SSSR count). The second-order valence-electron chi connectivity index (χ2n) is 3.00. The SMILES string of the molecule is COC(=O)C(N)C(=O)CN1CCOC1=O. The molecular formula is C8H12N2O5. The second kappa shape index (κ2) is 4.74. The molecule has 1 aliphatic rings. The third kappa shape index (κ3) is 2.66. The number of carbonyl (C=O) groups is 3. The summed E-state index contributed by atoms with van der Waals surface area (Å²) < 4.78 is 8.92. The summed E-state index contributed by atoms with van der Waals surface area (Å²) >= 11 is 0. The van der Waals surface area contributed by atoms with Crippen molar-refractivity contribution in [2.45, 2.75) is 6.04 Å². The lowest BCUT2D eigenvalue weighted by molar-refractivity contribution is -0.145. The van der Waals surface area contributed by atoms with Crippen molar-refractivity contribution in [1.82, 2.24) is 4.90 Å². The van der Waals surface area contributed by atoms with Gasteiger partial charge in [-0.2, -0.15) is 0 Å². The van der Waals surface area contributed by atoms with Crippen molar-refractivity contribution in [3.63, 3.8) is 0 Å². The molecule has 1 unspecified atom stereocenters. The number of nitrogens with zero attached hydrogens (tertiary/aromatic N) is 1. The lowest BCUT2D eigenvalue weighted by Gasteiger charge is -2.13. The number of amides is 1. The van der Waals surface area contributed by atoms with E-state index in [2.05, 4.69) is 9.47 Å². The number of rotatable bonds is 4. The zero-order valence-electron chi connectivity index (χ0n) is 8.26. The molecular weight excluding hydrogens is 204 g/mol. The zero-order chi connectivity index (χ0) is 11.4. The summed E-state index contributed by atoms with van der Waals surface area (Å²) in [5.41, 5.74) is 5.29. The van der Waals surface area contributed by atoms with Crippen molar-refractivity contribution in [3.8, 4) is 0 Å². The molecule has 1 atom stereocenters. The molecule has 0 aliphatic carbocycles. The van der Waals surface area contributed by atoms with Gasteiger partial charge >= 0.3 is 12.1 Å². The van der Waals surface area contributed by atoms with Crippen molar-refractivity contribution in [3.05, 3.63) is 0 Å². The van der Waals surface area contributed by atoms with Crippen LogP contribution >= 0.6 is 0 Å². The minimum Gasteiger partial charge on any atom is -0.468 e. The molecule has 0 aromatic rings. The van der Waals surface area contributed by atoms with Gasteiger partial charge in [0, 0.05) is 0 Å². The van der Waals surface area contributed by atoms with Crippen molar-refractivity contribution >= 4 is 17.8 Å². The Labute approximate surface area is 86.1 Å². The molecule has 15 heavy (non-hydrogen) atoms. The molecule has 0 aromatic heterocycles. The number of hydrogen-bond donors (Lipinski definition) is 1. The Bertz CT molecular complexity index is 291. The lowest BCUT2D eigenvalue weighted by Crippen LogP contribution is -2.45. The number of Topliss-reactive ketones (excluding diaryl/α,β-unsaturated/α-hetero) is 1. The Morgan fingerprint density at radius 1 is 1.67 bits per heavy atom. The molecule has 0 radical (unpaired) electrons. The Morgan fingerprint density at radius 3 is 2.80 bits per heavy atom. The first-order valence-electron chi connectivity index (χ1n) is 4.34. The molecule has 1 saturated heterocycles. The van der Waals surface area contributed by atoms with Crippen LogP contribution in [0.1, 0.15) is 0 Å². The number of methoxy groups -OCH3 is 1. The molecule has 2 N–H and O–H groups in total. The maximum absolute atomic E-state index is 11.4. The van der Waals surface area contributed by atoms with Gasteiger partial charge in [-0.3, -0.25) is 9.69 Å². The molecule has 84 valence electrons. The van der Waals surface area contributed by atoms with Gasteiger partial charge in [0.1, 0.15) is 6.61 Å². The van der Waals surface area contributed by atoms with Gasteiger partial charge in [-0.05, 0) is 0 Å². The highest BCUT2D eigenvalue weighted by Crippen LogP contribution is 2.03. The summed E-state index contributed by atoms with van der Waals surface area (Å²) in [7, 11) is 1.14. The highest BCUT2D eigenvalue weighted by molar-refractivity contribution is 6.04. The summed E-state index contributed by atoms with van der Waals surface area (Å²) in [6.07, 6.45) is -0.569. The Morgan fingerprint density at radius 2 is 2.33 bits per heavy atom. The second-order valence-corrected chi connectivity index (χ2v) is 3.00. The van der Waals surface area contributed by atoms with Crippen LogP contribution in [-0.4, -0.2) is 55.6 Å². The molecule has 1 aliphatic heterocycles. The van der Waals surface area contributed by atoms with Crippen LogP contribution in [-0.2, 0) is 19.1 Å². The largest absolute Gasteiger partial charge is 0.468 e. The smallest absolute Gasteiger partial charge is 0.410 e. The maximum atomic E-state index is 11.4. The van der Waals surface area contributed by atoms with Crippen molar-refractivity contribution in [1.29, 1.82) is 0 Å². The molecule has 7 nitrogen and oxygen atoms in total. The maximum Gasteiger partial charge on any atom is 0.410 e. The fraction of sp³-hybridized carbons (Fsp3) is 0.625. The van der Waals surface area contributed by atoms with E-state index >= 15 is 0 Å². The topological polar surface area (TPSA) is 98.9 Å². The lowest BCUT2D eigenvalue weighted by atomic mass is 10.2. The predicted octanol–water partition coefficient (Wildman–Crippen LogP) is -1.49. The third-order valence-electron chi connectivity index (χ3n) is 1.99. The van der Waals surface area contributed by atoms with E-state index in [1.54, 1.807) is 0 Å². The number of esters is 1. The molecule has 0 spiro atoms. The van der Waals surface area contributed by atoms with Crippen molar-refractivity contribution < 1.29 is 23.9 Å². The first kappa shape index (κ1) is 11.4. The minimum absolute atomic E-state index is 0.227. The van der Waals surface area contributed by atoms with Crippen LogP contribution in [0.15, 0.2) is 0 Å². The van der Waals surface area contributed by atoms with E-state index in [0.29, 0.717) is 6.54 Å². The molecule has 1 heterocycles. The van der Waals surface area contributed by atoms with Crippen LogP contribution in [0.3, 0.4) is 0 Å². The average molecular weight is 216 g/mol. The molecule has 1 amide bonds. The van der Waals surface area contributed by atoms with Gasteiger partial charge in [0.05, 0.1) is 20.2 Å². The Hall–Kier alpha value is -1.63. The number of nitrogens with two attached hydrogens (primary N) is 1. The first-order chi connectivity index (χ1) is 7.06. The molecule has 1 fully saturated rings. The van der Waals surface area contributed by atoms with Gasteiger partial charge in [0.25, 0.3) is 0 Å². The van der Waals surface area contributed by atoms with Gasteiger partial charge in [0.15, 0.2) is 11.8 Å². The normalized spacial score (nSPS) is 17.2. The number of carbonyl (C=O) groups excluding carboxylic acids is 3. The van der Waals surface area contributed by atoms with Gasteiger partial charge in [-0.25, -0.2) is 9.59 Å². The number of ketones is 1. The van der Waals surface area contributed by atoms with E-state index in [9.17, 15) is 14.4 Å². The highest BCUT2D eigenvalue weighted by atomic mass is 16.6. The van der Waals surface area contributed by atoms with Crippen molar-refractivity contribution in [2.24, 2.45) is 5.73 Å². The molecule has 7 heteroatoms. The van der Waals surface area contributed by atoms with Crippen LogP contribution in [0.2, 0.25) is 0 Å². The highest BCUT2D eigenvalue weighted by Gasteiger charge is 2.29. The number of hydrogen-bond acceptors (Lipinski definition) is 6. The fourth-order valence-corrected chi connectivity index (χ4v) is 1.11. The Kier molecular flexibility index (Phi) is 3.62. The summed E-state index contributed by atoms with van der Waals surface area (Å²) in [6, 6.07) is -1.34. The molecule has 0 aromatic carbocycles. The van der Waals surface area contributed by atoms with E-state index in [0.717, 1.165) is 7.11 Å². The van der Waals surface area contributed by atoms with E-state index in [1.165, 1.54) is 4.90 Å². The summed E-state index contributed by atoms with van der Waals surface area (Å²) in [4.78, 5) is 34.4. The Balaban J connectivity index is 2.48. The summed E-state index contributed by atoms with van der Waals surface area (Å²) in [5.74, 6) is -1.38. The van der Waals surface area contributed by atoms with Crippen LogP contribution in [0.5, 0.6) is 0 Å². The van der Waals surface area contributed by atoms with E-state index in [4.69, 9.17) is 5.73 Å². The fourth-order valence-electron chi connectivity index (χ4n) is 1.11. The molecule has 0 bridgehead atoms. The van der Waals surface area contributed by atoms with E-state index in [-0.39, 0.29) is 13.2 Å². The van der Waals surface area contributed by atoms with Crippen LogP contribution < -0.4 is 5.73 Å². The average Bonchev–Trinajstić information content (AvgIpc) is 2.62. The van der Waals surface area contributed by atoms with E-state index < -0.39 is 23.9 Å². The van der Waals surface area contributed by atoms with Gasteiger partial charge in [0.2, 0.25) is 0 Å². The third-order valence-corrected chi connectivity index (χ3v) is 1.99. The number of ether oxygens (including phenoxy) is 2. The zero-order valence-corrected chi connectivity index (χ0v) is 8.26. The summed E-state index contributed by atoms with van der Waals surface area (Å²) in [6.45, 7) is 0.354. The van der Waals surface area contributed by atoms with Crippen LogP contribution in [0.4, 0.5) is 4.79 Å². The van der Waals surface area contributed by atoms with Crippen LogP contribution in [0, 0.1) is 0 Å². The van der Waals surface area contributed by atoms with Gasteiger partial charge in [-0.1, -0.05) is 0 Å². The predicted molar refractivity (Wildman–Crippen MR) is 47.9 cm³/mol. The monoisotopic (exact) mass is 216 g/mol. The molecule has 0 saturated carbocycles. The first-order valence-corrected chi connectivity index (χ1v) is 4.34.